The second-order valence-corrected chi connectivity index (χ2v) is 33.4. The Morgan fingerprint density at radius 1 is 0.382 bits per heavy atom. The van der Waals surface area contributed by atoms with Gasteiger partial charge in [0.1, 0.15) is 56.8 Å². The second kappa shape index (κ2) is 78.2. The van der Waals surface area contributed by atoms with Crippen molar-refractivity contribution >= 4 is 151 Å². The number of hydrogen-bond acceptors (Lipinski definition) is 29. The summed E-state index contributed by atoms with van der Waals surface area (Å²) in [6.45, 7) is 8.56. The number of rotatable bonds is 53. The van der Waals surface area contributed by atoms with E-state index >= 15 is 0 Å². The van der Waals surface area contributed by atoms with Gasteiger partial charge >= 0.3 is 44.3 Å². The molecule has 136 heavy (non-hydrogen) atoms. The number of ether oxygens (including phenoxy) is 11. The van der Waals surface area contributed by atoms with E-state index in [1.54, 1.807) is 99.3 Å². The summed E-state index contributed by atoms with van der Waals surface area (Å²) in [5, 5.41) is 43.8. The first kappa shape index (κ1) is 119. The number of nitrogen functional groups attached to an aromatic ring is 1. The third-order valence-corrected chi connectivity index (χ3v) is 18.9. The van der Waals surface area contributed by atoms with Crippen LogP contribution >= 0.6 is 48.6 Å². The zero-order chi connectivity index (χ0) is 99.1. The van der Waals surface area contributed by atoms with Gasteiger partial charge in [0.2, 0.25) is 17.6 Å². The fraction of sp³-hybridized carbons (Fsp3) is 0.319. The van der Waals surface area contributed by atoms with Crippen molar-refractivity contribution < 1.29 is 108 Å². The SMILES string of the molecule is CCOP(=O)(Cc1ccc([N+](=O)[O-])cc1)OCC.CNc1ccc(/C=C/c2ccc(OCCOCCOCCF)nc2)cc1.Nc1ccc(/C=C/c2ccc(OCCOCCOCCF)nc2)cc1.O=Cc1ccc(Cl)nc1.O=[N+]([O-])c1ccc(/C=C/c2ccc(Cl)nc2)cc1.O=[N+]([O-])c1ccc(/C=C/c2ccc(OCCOCCOCCF)nc2)cc1.OCCOCCOCCF.[Cl][Sn][Cl]. The number of nitro groups is 3. The van der Waals surface area contributed by atoms with Gasteiger partial charge in [-0.2, -0.15) is 0 Å². The van der Waals surface area contributed by atoms with Gasteiger partial charge in [0, 0.05) is 110 Å². The van der Waals surface area contributed by atoms with Crippen LogP contribution in [0.15, 0.2) is 213 Å². The molecule has 2 radical (unpaired) electrons. The number of aromatic nitrogens is 5. The van der Waals surface area contributed by atoms with E-state index in [0.717, 1.165) is 62.2 Å². The Morgan fingerprint density at radius 2 is 0.640 bits per heavy atom. The summed E-state index contributed by atoms with van der Waals surface area (Å²) < 4.78 is 126. The van der Waals surface area contributed by atoms with Gasteiger partial charge in [-0.05, 0) is 149 Å². The number of nitrogens with two attached hydrogens (primary N) is 1. The van der Waals surface area contributed by atoms with Gasteiger partial charge in [-0.15, -0.1) is 0 Å². The van der Waals surface area contributed by atoms with Crippen molar-refractivity contribution in [3.8, 4) is 17.6 Å². The summed E-state index contributed by atoms with van der Waals surface area (Å²) in [6.07, 6.45) is 24.5. The van der Waals surface area contributed by atoms with E-state index in [2.05, 4.69) is 42.4 Å². The molecular formula is C94H111Cl4F4N10O22PSn. The number of nitrogens with zero attached hydrogens (tertiary/aromatic N) is 8. The van der Waals surface area contributed by atoms with E-state index in [1.807, 2.05) is 128 Å². The van der Waals surface area contributed by atoms with E-state index < -0.39 is 68.0 Å². The Hall–Kier alpha value is -10.9. The number of carbonyl (C=O) groups is 1. The Kier molecular flexibility index (Phi) is 68.6. The normalized spacial score (nSPS) is 10.7. The fourth-order valence-electron chi connectivity index (χ4n) is 9.88. The molecule has 32 nitrogen and oxygen atoms in total. The maximum atomic E-state index is 12.2. The Balaban J connectivity index is 0.000000417. The topological polar surface area (TPSA) is 406 Å². The minimum absolute atomic E-state index is 0.00130. The number of halogens is 8. The van der Waals surface area contributed by atoms with Crippen molar-refractivity contribution in [3.63, 3.8) is 0 Å². The maximum absolute atomic E-state index is 12.2. The van der Waals surface area contributed by atoms with Crippen LogP contribution in [0.4, 0.5) is 46.0 Å². The van der Waals surface area contributed by atoms with E-state index in [0.29, 0.717) is 151 Å². The third kappa shape index (κ3) is 59.9. The van der Waals surface area contributed by atoms with Gasteiger partial charge in [-0.1, -0.05) is 114 Å². The molecule has 0 aliphatic rings. The van der Waals surface area contributed by atoms with E-state index in [-0.39, 0.29) is 56.3 Å². The average Bonchev–Trinajstić information content (AvgIpc) is 0.860. The first-order valence-electron chi connectivity index (χ1n) is 41.9. The molecule has 5 aromatic heterocycles. The van der Waals surface area contributed by atoms with Crippen molar-refractivity contribution in [1.29, 1.82) is 0 Å². The van der Waals surface area contributed by atoms with Gasteiger partial charge in [0.15, 0.2) is 6.29 Å². The zero-order valence-electron chi connectivity index (χ0n) is 75.1. The van der Waals surface area contributed by atoms with Crippen molar-refractivity contribution in [3.05, 3.63) is 309 Å². The van der Waals surface area contributed by atoms with Crippen LogP contribution in [0.2, 0.25) is 10.3 Å². The Morgan fingerprint density at radius 3 is 0.904 bits per heavy atom. The Bertz CT molecular complexity index is 4950. The summed E-state index contributed by atoms with van der Waals surface area (Å²) in [6, 6.07) is 52.2. The van der Waals surface area contributed by atoms with E-state index in [4.69, 9.17) is 113 Å². The fourth-order valence-corrected chi connectivity index (χ4v) is 11.8. The molecule has 4 N–H and O–H groups in total. The summed E-state index contributed by atoms with van der Waals surface area (Å²) in [4.78, 5) is 60.7. The van der Waals surface area contributed by atoms with Gasteiger partial charge < -0.3 is 77.3 Å². The van der Waals surface area contributed by atoms with Crippen LogP contribution in [0.5, 0.6) is 17.6 Å². The molecule has 5 heterocycles. The van der Waals surface area contributed by atoms with Gasteiger partial charge in [-0.3, -0.25) is 39.7 Å². The molecule has 0 atom stereocenters. The number of nitro benzene ring substituents is 3. The molecule has 10 aromatic rings. The van der Waals surface area contributed by atoms with Gasteiger partial charge in [0.05, 0.1) is 146 Å². The molecule has 734 valence electrons. The third-order valence-electron chi connectivity index (χ3n) is 16.3. The number of benzene rings is 5. The number of alkyl halides is 4. The predicted molar refractivity (Wildman–Crippen MR) is 524 cm³/mol. The molecule has 0 saturated carbocycles. The van der Waals surface area contributed by atoms with Crippen LogP contribution in [-0.4, -0.2) is 249 Å². The zero-order valence-corrected chi connectivity index (χ0v) is 81.9. The molecule has 0 unspecified atom stereocenters. The molecule has 10 rings (SSSR count). The van der Waals surface area contributed by atoms with Crippen molar-refractivity contribution in [2.45, 2.75) is 20.0 Å². The van der Waals surface area contributed by atoms with Gasteiger partial charge in [0.25, 0.3) is 17.1 Å². The number of pyridine rings is 5. The molecule has 0 spiro atoms. The molecule has 0 aliphatic carbocycles. The number of anilines is 2. The van der Waals surface area contributed by atoms with Crippen molar-refractivity contribution in [2.75, 3.05) is 190 Å². The monoisotopic (exact) mass is 2100 g/mol. The number of aliphatic hydroxyl groups excluding tert-OH is 1. The molecule has 0 aliphatic heterocycles. The van der Waals surface area contributed by atoms with Crippen LogP contribution in [0, 0.1) is 30.3 Å². The van der Waals surface area contributed by atoms with Crippen molar-refractivity contribution in [1.82, 2.24) is 24.9 Å². The quantitative estimate of drug-likeness (QED) is 0.00367. The van der Waals surface area contributed by atoms with Crippen LogP contribution in [0.25, 0.3) is 48.6 Å². The summed E-state index contributed by atoms with van der Waals surface area (Å²) in [5.74, 6) is 1.58. The van der Waals surface area contributed by atoms with E-state index in [1.165, 1.54) is 42.6 Å². The van der Waals surface area contributed by atoms with Crippen LogP contribution in [0.1, 0.15) is 74.3 Å². The van der Waals surface area contributed by atoms with Crippen LogP contribution < -0.4 is 25.3 Å². The first-order chi connectivity index (χ1) is 66.1. The summed E-state index contributed by atoms with van der Waals surface area (Å²) in [5.41, 5.74) is 16.6. The number of nitrogens with one attached hydrogen (secondary N) is 1. The first-order valence-corrected chi connectivity index (χ1v) is 51.6. The minimum atomic E-state index is -3.15. The van der Waals surface area contributed by atoms with Gasteiger partial charge in [-0.25, -0.2) is 42.5 Å². The van der Waals surface area contributed by atoms with Crippen LogP contribution in [0.3, 0.4) is 0 Å². The predicted octanol–water partition coefficient (Wildman–Crippen LogP) is 20.1. The molecule has 0 amide bonds. The van der Waals surface area contributed by atoms with Crippen molar-refractivity contribution in [2.24, 2.45) is 0 Å². The molecule has 5 aromatic carbocycles. The Labute approximate surface area is 815 Å². The number of aliphatic hydroxyl groups is 1. The number of non-ortho nitro benzene ring substituents is 3. The van der Waals surface area contributed by atoms with E-state index in [9.17, 15) is 57.3 Å². The molecule has 42 heteroatoms. The summed E-state index contributed by atoms with van der Waals surface area (Å²) in [7, 11) is 8.62. The molecule has 0 bridgehead atoms. The summed E-state index contributed by atoms with van der Waals surface area (Å²) >= 11 is 10.3. The number of hydrogen-bond donors (Lipinski definition) is 3. The average molecular weight is 2100 g/mol. The molecule has 0 fully saturated rings. The van der Waals surface area contributed by atoms with Crippen LogP contribution in [-0.2, 0) is 57.7 Å². The second-order valence-electron chi connectivity index (χ2n) is 26.3. The molecular weight excluding hydrogens is 1990 g/mol. The molecule has 0 saturated heterocycles. The number of carbonyl (C=O) groups excluding carboxylic acids is 1. The number of aldehydes is 1. The standard InChI is InChI=1S/C20H25FN2O3.C19H21FN2O5.C19H23FN2O3.C13H9ClN2O2.C11H16NO5P.C6H4ClNO.C6H13FO3.2ClH.Sn/c1-22-19-7-4-17(5-8-19)2-3-18-6-9-20(23-16-18)26-15-14-25-13-12-24-11-10-21;20-9-10-25-11-12-26-13-14-27-19-8-5-17(15-21-19)2-1-16-3-6-18(7-4-16)22(23)24;20-9-10-23-11-12-24-13-14-25-19-8-5-17(15-22-19)2-1-16-3-6-18(21)7-4-16;14-13-8-5-11(9-15-13)2-1-10-3-6-12(7-4-10)16(17)18;1-3-16-18(15,17-4-2)9-10-5-7-11(8-6-10)12(13)14;7-6-2-1-5(4-9)3-8-6;7-1-3-9-5-6-10-4-2-8;;;/h2-9,16,22H,10-15H2,1H3;1-8,15H,9-14H2;1-8,15H,9-14,21H2;1-9H;5-8H,3-4,9H2,1-2H3;1-4H;8H,1-6H2;2*1H;/q;;;;;;;;;+2/p-2/b3-2+;3*2-1+;;;;;;.